The van der Waals surface area contributed by atoms with Crippen LogP contribution in [-0.4, -0.2) is 16.2 Å². The molecule has 0 radical (unpaired) electrons. The first-order valence-electron chi connectivity index (χ1n) is 5.06. The molecular formula is C13H12O5. The third-order valence-corrected chi connectivity index (χ3v) is 2.04. The SMILES string of the molecule is C=CC(=O)O.O=c1ccc2ccc(CO)cc2o1. The van der Waals surface area contributed by atoms with Crippen LogP contribution >= 0.6 is 0 Å². The average Bonchev–Trinajstić information content (AvgIpc) is 2.38. The molecule has 0 aliphatic carbocycles. The highest BCUT2D eigenvalue weighted by molar-refractivity contribution is 5.78. The number of fused-ring (bicyclic) bond motifs is 1. The zero-order valence-electron chi connectivity index (χ0n) is 9.50. The quantitative estimate of drug-likeness (QED) is 0.621. The molecule has 18 heavy (non-hydrogen) atoms. The summed E-state index contributed by atoms with van der Waals surface area (Å²) in [6.45, 7) is 2.91. The summed E-state index contributed by atoms with van der Waals surface area (Å²) in [6, 6.07) is 8.34. The van der Waals surface area contributed by atoms with E-state index in [1.807, 2.05) is 6.07 Å². The van der Waals surface area contributed by atoms with Gasteiger partial charge in [0, 0.05) is 17.5 Å². The van der Waals surface area contributed by atoms with Crippen molar-refractivity contribution < 1.29 is 19.4 Å². The maximum atomic E-state index is 10.9. The van der Waals surface area contributed by atoms with Crippen LogP contribution in [0.1, 0.15) is 5.56 Å². The van der Waals surface area contributed by atoms with Crippen LogP contribution < -0.4 is 5.63 Å². The van der Waals surface area contributed by atoms with E-state index < -0.39 is 5.97 Å². The first kappa shape index (κ1) is 13.7. The van der Waals surface area contributed by atoms with Gasteiger partial charge in [-0.05, 0) is 17.7 Å². The van der Waals surface area contributed by atoms with Crippen LogP contribution in [0.4, 0.5) is 0 Å². The molecule has 0 amide bonds. The van der Waals surface area contributed by atoms with Crippen LogP contribution in [0, 0.1) is 0 Å². The van der Waals surface area contributed by atoms with E-state index in [0.717, 1.165) is 17.0 Å². The lowest BCUT2D eigenvalue weighted by Gasteiger charge is -1.97. The Morgan fingerprint density at radius 3 is 2.50 bits per heavy atom. The zero-order chi connectivity index (χ0) is 13.5. The van der Waals surface area contributed by atoms with Crippen molar-refractivity contribution in [3.05, 3.63) is 59.0 Å². The second-order valence-corrected chi connectivity index (χ2v) is 3.33. The van der Waals surface area contributed by atoms with Gasteiger partial charge in [0.15, 0.2) is 0 Å². The number of carboxylic acid groups (broad SMARTS) is 1. The molecule has 0 atom stereocenters. The van der Waals surface area contributed by atoms with Gasteiger partial charge in [0.25, 0.3) is 0 Å². The van der Waals surface area contributed by atoms with Crippen molar-refractivity contribution in [1.29, 1.82) is 0 Å². The van der Waals surface area contributed by atoms with E-state index in [9.17, 15) is 9.59 Å². The maximum Gasteiger partial charge on any atom is 0.336 e. The highest BCUT2D eigenvalue weighted by Gasteiger charge is 1.97. The third kappa shape index (κ3) is 3.88. The molecule has 1 aromatic carbocycles. The molecule has 0 spiro atoms. The van der Waals surface area contributed by atoms with Gasteiger partial charge in [0.05, 0.1) is 6.61 Å². The molecule has 0 saturated heterocycles. The highest BCUT2D eigenvalue weighted by atomic mass is 16.4. The standard InChI is InChI=1S/C10H8O3.C3H4O2/c11-6-7-1-2-8-3-4-10(12)13-9(8)5-7;1-2-3(4)5/h1-5,11H,6H2;2H,1H2,(H,4,5). The molecule has 0 unspecified atom stereocenters. The molecule has 5 nitrogen and oxygen atoms in total. The molecule has 94 valence electrons. The fourth-order valence-electron chi connectivity index (χ4n) is 1.20. The third-order valence-electron chi connectivity index (χ3n) is 2.04. The molecule has 2 aromatic rings. The molecule has 1 aromatic heterocycles. The van der Waals surface area contributed by atoms with Crippen molar-refractivity contribution >= 4 is 16.9 Å². The van der Waals surface area contributed by atoms with E-state index >= 15 is 0 Å². The van der Waals surface area contributed by atoms with Gasteiger partial charge in [-0.2, -0.15) is 0 Å². The van der Waals surface area contributed by atoms with Gasteiger partial charge < -0.3 is 14.6 Å². The molecule has 0 bridgehead atoms. The Morgan fingerprint density at radius 2 is 1.94 bits per heavy atom. The smallest absolute Gasteiger partial charge is 0.336 e. The molecular weight excluding hydrogens is 236 g/mol. The minimum atomic E-state index is -0.981. The van der Waals surface area contributed by atoms with Crippen LogP contribution in [-0.2, 0) is 11.4 Å². The number of hydrogen-bond donors (Lipinski definition) is 2. The zero-order valence-corrected chi connectivity index (χ0v) is 9.50. The van der Waals surface area contributed by atoms with Gasteiger partial charge in [-0.3, -0.25) is 0 Å². The van der Waals surface area contributed by atoms with E-state index in [-0.39, 0.29) is 12.2 Å². The van der Waals surface area contributed by atoms with Crippen molar-refractivity contribution in [2.45, 2.75) is 6.61 Å². The molecule has 0 fully saturated rings. The second-order valence-electron chi connectivity index (χ2n) is 3.33. The summed E-state index contributed by atoms with van der Waals surface area (Å²) < 4.78 is 4.94. The van der Waals surface area contributed by atoms with Crippen molar-refractivity contribution in [2.24, 2.45) is 0 Å². The number of carboxylic acids is 1. The summed E-state index contributed by atoms with van der Waals surface area (Å²) in [6.07, 6.45) is 0.833. The van der Waals surface area contributed by atoms with E-state index in [4.69, 9.17) is 14.6 Å². The summed E-state index contributed by atoms with van der Waals surface area (Å²) >= 11 is 0. The predicted octanol–water partition coefficient (Wildman–Crippen LogP) is 1.54. The number of hydrogen-bond acceptors (Lipinski definition) is 4. The molecule has 1 heterocycles. The largest absolute Gasteiger partial charge is 0.478 e. The summed E-state index contributed by atoms with van der Waals surface area (Å²) in [5.41, 5.74) is 0.878. The lowest BCUT2D eigenvalue weighted by Crippen LogP contribution is -1.94. The molecule has 0 aliphatic rings. The minimum absolute atomic E-state index is 0.0471. The fraction of sp³-hybridized carbons (Fsp3) is 0.0769. The Labute approximate surface area is 103 Å². The Balaban J connectivity index is 0.000000280. The number of aliphatic hydroxyl groups excluding tert-OH is 1. The number of aliphatic carboxylic acids is 1. The van der Waals surface area contributed by atoms with Gasteiger partial charge in [-0.1, -0.05) is 18.7 Å². The van der Waals surface area contributed by atoms with E-state index in [1.54, 1.807) is 18.2 Å². The Kier molecular flexibility index (Phi) is 4.83. The summed E-state index contributed by atoms with van der Waals surface area (Å²) in [4.78, 5) is 20.1. The van der Waals surface area contributed by atoms with Crippen LogP contribution in [0.2, 0.25) is 0 Å². The lowest BCUT2D eigenvalue weighted by molar-refractivity contribution is -0.131. The molecule has 2 N–H and O–H groups in total. The van der Waals surface area contributed by atoms with Crippen LogP contribution in [0.5, 0.6) is 0 Å². The fourth-order valence-corrected chi connectivity index (χ4v) is 1.20. The van der Waals surface area contributed by atoms with E-state index in [2.05, 4.69) is 6.58 Å². The highest BCUT2D eigenvalue weighted by Crippen LogP contribution is 2.13. The van der Waals surface area contributed by atoms with E-state index in [1.165, 1.54) is 6.07 Å². The molecule has 0 aliphatic heterocycles. The van der Waals surface area contributed by atoms with Crippen molar-refractivity contribution in [2.75, 3.05) is 0 Å². The van der Waals surface area contributed by atoms with Crippen molar-refractivity contribution in [3.8, 4) is 0 Å². The normalized spacial score (nSPS) is 9.39. The van der Waals surface area contributed by atoms with Crippen LogP contribution in [0.25, 0.3) is 11.0 Å². The van der Waals surface area contributed by atoms with Gasteiger partial charge in [0.2, 0.25) is 0 Å². The van der Waals surface area contributed by atoms with Crippen molar-refractivity contribution in [3.63, 3.8) is 0 Å². The van der Waals surface area contributed by atoms with Gasteiger partial charge in [0.1, 0.15) is 5.58 Å². The number of benzene rings is 1. The molecule has 5 heteroatoms. The van der Waals surface area contributed by atoms with E-state index in [0.29, 0.717) is 5.58 Å². The summed E-state index contributed by atoms with van der Waals surface area (Å²) in [5.74, 6) is -0.981. The second kappa shape index (κ2) is 6.36. The summed E-state index contributed by atoms with van der Waals surface area (Å²) in [5, 5.41) is 17.3. The number of carbonyl (C=O) groups is 1. The van der Waals surface area contributed by atoms with Gasteiger partial charge >= 0.3 is 11.6 Å². The Hall–Kier alpha value is -2.40. The van der Waals surface area contributed by atoms with Crippen molar-refractivity contribution in [1.82, 2.24) is 0 Å². The summed E-state index contributed by atoms with van der Waals surface area (Å²) in [7, 11) is 0. The maximum absolute atomic E-state index is 10.9. The van der Waals surface area contributed by atoms with Gasteiger partial charge in [-0.15, -0.1) is 0 Å². The lowest BCUT2D eigenvalue weighted by atomic mass is 10.1. The Bertz CT molecular complexity index is 612. The first-order chi connectivity index (χ1) is 8.56. The van der Waals surface area contributed by atoms with Crippen LogP contribution in [0.3, 0.4) is 0 Å². The first-order valence-corrected chi connectivity index (χ1v) is 5.06. The number of rotatable bonds is 2. The average molecular weight is 248 g/mol. The van der Waals surface area contributed by atoms with Gasteiger partial charge in [-0.25, -0.2) is 9.59 Å². The molecule has 0 saturated carbocycles. The minimum Gasteiger partial charge on any atom is -0.478 e. The monoisotopic (exact) mass is 248 g/mol. The topological polar surface area (TPSA) is 87.7 Å². The molecule has 2 rings (SSSR count). The Morgan fingerprint density at radius 1 is 1.33 bits per heavy atom. The van der Waals surface area contributed by atoms with Crippen LogP contribution in [0.15, 0.2) is 52.2 Å². The predicted molar refractivity (Wildman–Crippen MR) is 66.2 cm³/mol. The number of aliphatic hydroxyl groups is 1.